The zero-order chi connectivity index (χ0) is 21.9. The van der Waals surface area contributed by atoms with Crippen LogP contribution in [0, 0.1) is 0 Å². The molecule has 1 N–H and O–H groups in total. The highest BCUT2D eigenvalue weighted by Gasteiger charge is 2.35. The number of alkyl halides is 3. The van der Waals surface area contributed by atoms with Gasteiger partial charge in [-0.3, -0.25) is 4.79 Å². The molecule has 0 saturated carbocycles. The van der Waals surface area contributed by atoms with Crippen molar-refractivity contribution in [2.75, 3.05) is 42.3 Å². The van der Waals surface area contributed by atoms with E-state index in [2.05, 4.69) is 5.32 Å². The van der Waals surface area contributed by atoms with Gasteiger partial charge in [-0.05, 0) is 42.5 Å². The summed E-state index contributed by atoms with van der Waals surface area (Å²) < 4.78 is 70.6. The second-order valence-electron chi connectivity index (χ2n) is 6.59. The Kier molecular flexibility index (Phi) is 6.59. The van der Waals surface area contributed by atoms with Crippen molar-refractivity contribution in [2.24, 2.45) is 0 Å². The van der Waals surface area contributed by atoms with Crippen LogP contribution >= 0.6 is 11.6 Å². The Morgan fingerprint density at radius 2 is 1.73 bits per heavy atom. The molecule has 11 heteroatoms. The van der Waals surface area contributed by atoms with Gasteiger partial charge in [0.05, 0.1) is 29.4 Å². The maximum Gasteiger partial charge on any atom is 0.418 e. The molecule has 0 bridgehead atoms. The van der Waals surface area contributed by atoms with E-state index in [0.29, 0.717) is 37.0 Å². The van der Waals surface area contributed by atoms with Gasteiger partial charge >= 0.3 is 6.18 Å². The SMILES string of the molecule is O=C(CS(=O)(=O)c1ccc(Cl)cc1)Nc1ccc(N2CCOCC2)cc1C(F)(F)F. The standard InChI is InChI=1S/C19H18ClF3N2O4S/c20-13-1-4-15(5-2-13)30(27,28)12-18(26)24-17-6-3-14(11-16(17)19(21,22)23)25-7-9-29-10-8-25/h1-6,11H,7-10,12H2,(H,24,26). The summed E-state index contributed by atoms with van der Waals surface area (Å²) in [6, 6.07) is 8.66. The second-order valence-corrected chi connectivity index (χ2v) is 9.01. The molecule has 30 heavy (non-hydrogen) atoms. The van der Waals surface area contributed by atoms with Crippen LogP contribution in [0.25, 0.3) is 0 Å². The fourth-order valence-corrected chi connectivity index (χ4v) is 4.24. The van der Waals surface area contributed by atoms with E-state index in [-0.39, 0.29) is 4.90 Å². The van der Waals surface area contributed by atoms with E-state index < -0.39 is 38.9 Å². The van der Waals surface area contributed by atoms with Crippen molar-refractivity contribution in [2.45, 2.75) is 11.1 Å². The number of hydrogen-bond donors (Lipinski definition) is 1. The van der Waals surface area contributed by atoms with Gasteiger partial charge in [-0.2, -0.15) is 13.2 Å². The zero-order valence-corrected chi connectivity index (χ0v) is 17.1. The topological polar surface area (TPSA) is 75.7 Å². The molecule has 0 spiro atoms. The zero-order valence-electron chi connectivity index (χ0n) is 15.6. The highest BCUT2D eigenvalue weighted by molar-refractivity contribution is 7.92. The largest absolute Gasteiger partial charge is 0.418 e. The van der Waals surface area contributed by atoms with Crippen molar-refractivity contribution in [1.82, 2.24) is 0 Å². The fourth-order valence-electron chi connectivity index (χ4n) is 2.98. The number of amides is 1. The van der Waals surface area contributed by atoms with Crippen molar-refractivity contribution in [3.8, 4) is 0 Å². The summed E-state index contributed by atoms with van der Waals surface area (Å²) in [6.07, 6.45) is -4.74. The van der Waals surface area contributed by atoms with E-state index in [1.165, 1.54) is 30.3 Å². The van der Waals surface area contributed by atoms with Crippen LogP contribution in [0.2, 0.25) is 5.02 Å². The minimum atomic E-state index is -4.74. The van der Waals surface area contributed by atoms with Gasteiger partial charge in [-0.25, -0.2) is 8.42 Å². The van der Waals surface area contributed by atoms with Gasteiger partial charge in [0.2, 0.25) is 5.91 Å². The van der Waals surface area contributed by atoms with Gasteiger partial charge in [0, 0.05) is 23.8 Å². The van der Waals surface area contributed by atoms with Gasteiger partial charge in [-0.15, -0.1) is 0 Å². The van der Waals surface area contributed by atoms with E-state index in [1.54, 1.807) is 4.90 Å². The minimum absolute atomic E-state index is 0.152. The quantitative estimate of drug-likeness (QED) is 0.734. The molecular formula is C19H18ClF3N2O4S. The van der Waals surface area contributed by atoms with Crippen LogP contribution in [-0.4, -0.2) is 46.4 Å². The van der Waals surface area contributed by atoms with Crippen molar-refractivity contribution < 1.29 is 31.1 Å². The number of rotatable bonds is 5. The third-order valence-electron chi connectivity index (χ3n) is 4.45. The van der Waals surface area contributed by atoms with E-state index in [9.17, 15) is 26.4 Å². The predicted molar refractivity (Wildman–Crippen MR) is 107 cm³/mol. The van der Waals surface area contributed by atoms with Gasteiger partial charge in [-0.1, -0.05) is 11.6 Å². The minimum Gasteiger partial charge on any atom is -0.378 e. The van der Waals surface area contributed by atoms with E-state index in [4.69, 9.17) is 16.3 Å². The number of hydrogen-bond acceptors (Lipinski definition) is 5. The lowest BCUT2D eigenvalue weighted by Crippen LogP contribution is -2.36. The molecular weight excluding hydrogens is 445 g/mol. The van der Waals surface area contributed by atoms with Crippen LogP contribution in [0.5, 0.6) is 0 Å². The Morgan fingerprint density at radius 1 is 1.10 bits per heavy atom. The molecule has 0 aromatic heterocycles. The molecule has 0 atom stereocenters. The first-order chi connectivity index (χ1) is 14.1. The molecule has 1 heterocycles. The number of nitrogens with one attached hydrogen (secondary N) is 1. The first-order valence-corrected chi connectivity index (χ1v) is 10.9. The lowest BCUT2D eigenvalue weighted by atomic mass is 10.1. The molecule has 1 aliphatic heterocycles. The summed E-state index contributed by atoms with van der Waals surface area (Å²) in [5.74, 6) is -2.08. The van der Waals surface area contributed by atoms with Crippen molar-refractivity contribution in [3.05, 3.63) is 53.1 Å². The number of carbonyl (C=O) groups is 1. The van der Waals surface area contributed by atoms with E-state index >= 15 is 0 Å². The lowest BCUT2D eigenvalue weighted by molar-refractivity contribution is -0.136. The van der Waals surface area contributed by atoms with Crippen LogP contribution in [0.3, 0.4) is 0 Å². The lowest BCUT2D eigenvalue weighted by Gasteiger charge is -2.29. The Hall–Kier alpha value is -2.30. The van der Waals surface area contributed by atoms with E-state index in [1.807, 2.05) is 0 Å². The molecule has 1 amide bonds. The van der Waals surface area contributed by atoms with Crippen LogP contribution < -0.4 is 10.2 Å². The molecule has 2 aromatic carbocycles. The Labute approximate surface area is 176 Å². The fraction of sp³-hybridized carbons (Fsp3) is 0.316. The normalized spacial score (nSPS) is 15.1. The molecule has 162 valence electrons. The summed E-state index contributed by atoms with van der Waals surface area (Å²) in [5.41, 5.74) is -1.21. The van der Waals surface area contributed by atoms with Gasteiger partial charge < -0.3 is 15.0 Å². The maximum atomic E-state index is 13.6. The molecule has 0 unspecified atom stereocenters. The maximum absolute atomic E-state index is 13.6. The Morgan fingerprint density at radius 3 is 2.33 bits per heavy atom. The summed E-state index contributed by atoms with van der Waals surface area (Å²) >= 11 is 5.71. The Balaban J connectivity index is 1.80. The number of benzene rings is 2. The average molecular weight is 463 g/mol. The number of halogens is 4. The summed E-state index contributed by atoms with van der Waals surface area (Å²) in [6.45, 7) is 1.70. The van der Waals surface area contributed by atoms with Crippen LogP contribution in [0.15, 0.2) is 47.4 Å². The van der Waals surface area contributed by atoms with Gasteiger partial charge in [0.25, 0.3) is 0 Å². The number of morpholine rings is 1. The number of carbonyl (C=O) groups excluding carboxylic acids is 1. The van der Waals surface area contributed by atoms with Crippen LogP contribution in [0.4, 0.5) is 24.5 Å². The van der Waals surface area contributed by atoms with Crippen molar-refractivity contribution in [3.63, 3.8) is 0 Å². The molecule has 0 aliphatic carbocycles. The predicted octanol–water partition coefficient (Wildman–Crippen LogP) is 3.61. The molecule has 0 radical (unpaired) electrons. The van der Waals surface area contributed by atoms with Crippen molar-refractivity contribution >= 4 is 38.7 Å². The van der Waals surface area contributed by atoms with Crippen LogP contribution in [0.1, 0.15) is 5.56 Å². The molecule has 1 fully saturated rings. The summed E-state index contributed by atoms with van der Waals surface area (Å²) in [7, 11) is -4.04. The first kappa shape index (κ1) is 22.4. The van der Waals surface area contributed by atoms with E-state index in [0.717, 1.165) is 12.1 Å². The number of ether oxygens (including phenoxy) is 1. The number of nitrogens with zero attached hydrogens (tertiary/aromatic N) is 1. The third kappa shape index (κ3) is 5.44. The van der Waals surface area contributed by atoms with Crippen LogP contribution in [-0.2, 0) is 25.5 Å². The van der Waals surface area contributed by atoms with Gasteiger partial charge in [0.15, 0.2) is 9.84 Å². The average Bonchev–Trinajstić information content (AvgIpc) is 2.68. The highest BCUT2D eigenvalue weighted by atomic mass is 35.5. The molecule has 1 aliphatic rings. The molecule has 1 saturated heterocycles. The number of sulfone groups is 1. The van der Waals surface area contributed by atoms with Crippen molar-refractivity contribution in [1.29, 1.82) is 0 Å². The smallest absolute Gasteiger partial charge is 0.378 e. The summed E-state index contributed by atoms with van der Waals surface area (Å²) in [5, 5.41) is 2.39. The summed E-state index contributed by atoms with van der Waals surface area (Å²) in [4.78, 5) is 13.8. The second kappa shape index (κ2) is 8.83. The highest BCUT2D eigenvalue weighted by Crippen LogP contribution is 2.37. The first-order valence-electron chi connectivity index (χ1n) is 8.88. The Bertz CT molecular complexity index is 1020. The monoisotopic (exact) mass is 462 g/mol. The third-order valence-corrected chi connectivity index (χ3v) is 6.34. The van der Waals surface area contributed by atoms with Gasteiger partial charge in [0.1, 0.15) is 5.75 Å². The molecule has 2 aromatic rings. The molecule has 3 rings (SSSR count). The molecule has 6 nitrogen and oxygen atoms in total. The number of anilines is 2.